The molecule has 166 valence electrons. The summed E-state index contributed by atoms with van der Waals surface area (Å²) in [6, 6.07) is 12.0. The number of carboxylic acid groups (broad SMARTS) is 1. The Hall–Kier alpha value is -4.85. The summed E-state index contributed by atoms with van der Waals surface area (Å²) in [4.78, 5) is 32.9. The minimum Gasteiger partial charge on any atom is -0.505 e. The molecule has 11 heteroatoms. The molecule has 0 atom stereocenters. The van der Waals surface area contributed by atoms with Crippen LogP contribution in [0.4, 0.5) is 6.01 Å². The smallest absolute Gasteiger partial charge is 0.322 e. The first-order valence-electron chi connectivity index (χ1n) is 9.59. The Kier molecular flexibility index (Phi) is 5.41. The summed E-state index contributed by atoms with van der Waals surface area (Å²) in [5.74, 6) is -1.81. The molecule has 4 rings (SSSR count). The van der Waals surface area contributed by atoms with Gasteiger partial charge in [0.15, 0.2) is 17.0 Å². The zero-order chi connectivity index (χ0) is 23.7. The predicted molar refractivity (Wildman–Crippen MR) is 117 cm³/mol. The molecule has 2 heterocycles. The van der Waals surface area contributed by atoms with Crippen LogP contribution in [-0.4, -0.2) is 52.7 Å². The highest BCUT2D eigenvalue weighted by Crippen LogP contribution is 2.34. The van der Waals surface area contributed by atoms with Crippen LogP contribution in [0.25, 0.3) is 21.9 Å². The van der Waals surface area contributed by atoms with E-state index in [4.69, 9.17) is 14.3 Å². The monoisotopic (exact) mass is 447 g/mol. The lowest BCUT2D eigenvalue weighted by Gasteiger charge is -2.11. The molecule has 0 saturated carbocycles. The van der Waals surface area contributed by atoms with Gasteiger partial charge in [-0.3, -0.25) is 9.59 Å². The molecule has 0 aliphatic carbocycles. The Morgan fingerprint density at radius 3 is 2.58 bits per heavy atom. The van der Waals surface area contributed by atoms with Crippen LogP contribution >= 0.6 is 0 Å². The zero-order valence-electron chi connectivity index (χ0n) is 17.5. The van der Waals surface area contributed by atoms with Crippen molar-refractivity contribution in [2.75, 3.05) is 25.5 Å². The number of nitrogens with zero attached hydrogens (tertiary/aromatic N) is 4. The van der Waals surface area contributed by atoms with E-state index in [0.717, 1.165) is 0 Å². The van der Waals surface area contributed by atoms with Crippen LogP contribution in [0.2, 0.25) is 0 Å². The van der Waals surface area contributed by atoms with Crippen molar-refractivity contribution < 1.29 is 29.0 Å². The van der Waals surface area contributed by atoms with Gasteiger partial charge in [0.05, 0.1) is 0 Å². The molecule has 0 bridgehead atoms. The molecule has 0 fully saturated rings. The Labute approximate surface area is 186 Å². The second kappa shape index (κ2) is 8.35. The maximum Gasteiger partial charge on any atom is 0.322 e. The van der Waals surface area contributed by atoms with Crippen molar-refractivity contribution in [3.63, 3.8) is 0 Å². The normalized spacial score (nSPS) is 10.7. The second-order valence-electron chi connectivity index (χ2n) is 7.18. The maximum absolute atomic E-state index is 12.2. The molecule has 11 nitrogen and oxygen atoms in total. The van der Waals surface area contributed by atoms with Crippen molar-refractivity contribution in [3.05, 3.63) is 47.8 Å². The van der Waals surface area contributed by atoms with E-state index in [1.807, 2.05) is 20.2 Å². The predicted octanol–water partition coefficient (Wildman–Crippen LogP) is 2.63. The largest absolute Gasteiger partial charge is 0.505 e. The number of benzene rings is 2. The van der Waals surface area contributed by atoms with Crippen LogP contribution in [0.1, 0.15) is 16.2 Å². The molecule has 0 spiro atoms. The highest BCUT2D eigenvalue weighted by Gasteiger charge is 2.20. The number of oxazole rings is 1. The number of nitrogens with one attached hydrogen (secondary N) is 1. The number of carbonyl (C=O) groups is 2. The lowest BCUT2D eigenvalue weighted by molar-refractivity contribution is -0.135. The third-order valence-electron chi connectivity index (χ3n) is 4.64. The number of rotatable bonds is 6. The van der Waals surface area contributed by atoms with Crippen LogP contribution in [0.15, 0.2) is 40.8 Å². The van der Waals surface area contributed by atoms with Crippen molar-refractivity contribution >= 4 is 39.8 Å². The van der Waals surface area contributed by atoms with Gasteiger partial charge in [0.25, 0.3) is 11.9 Å². The van der Waals surface area contributed by atoms with Gasteiger partial charge in [-0.2, -0.15) is 10.2 Å². The molecule has 4 aromatic rings. The van der Waals surface area contributed by atoms with Crippen molar-refractivity contribution in [2.24, 2.45) is 0 Å². The minimum atomic E-state index is -1.26. The van der Waals surface area contributed by atoms with Gasteiger partial charge in [-0.25, -0.2) is 4.98 Å². The molecule has 3 N–H and O–H groups in total. The van der Waals surface area contributed by atoms with Crippen LogP contribution in [0, 0.1) is 11.3 Å². The number of pyridine rings is 1. The van der Waals surface area contributed by atoms with Crippen molar-refractivity contribution in [3.8, 4) is 23.3 Å². The highest BCUT2D eigenvalue weighted by molar-refractivity contribution is 6.04. The summed E-state index contributed by atoms with van der Waals surface area (Å²) in [7, 11) is 3.63. The summed E-state index contributed by atoms with van der Waals surface area (Å²) in [5.41, 5.74) is 0.628. The Bertz CT molecular complexity index is 1450. The number of anilines is 1. The first-order valence-corrected chi connectivity index (χ1v) is 9.59. The van der Waals surface area contributed by atoms with Crippen LogP contribution in [0.3, 0.4) is 0 Å². The van der Waals surface area contributed by atoms with Gasteiger partial charge in [-0.15, -0.1) is 0 Å². The lowest BCUT2D eigenvalue weighted by Crippen LogP contribution is -2.30. The van der Waals surface area contributed by atoms with Gasteiger partial charge in [-0.05, 0) is 30.3 Å². The first-order chi connectivity index (χ1) is 15.8. The van der Waals surface area contributed by atoms with E-state index in [-0.39, 0.29) is 16.5 Å². The first kappa shape index (κ1) is 21.4. The molecule has 0 saturated heterocycles. The molecule has 0 aliphatic rings. The molecule has 0 unspecified atom stereocenters. The second-order valence-corrected chi connectivity index (χ2v) is 7.18. The van der Waals surface area contributed by atoms with Gasteiger partial charge in [0.1, 0.15) is 35.3 Å². The molecular formula is C22H17N5O6. The minimum absolute atomic E-state index is 0.128. The number of carbonyl (C=O) groups excluding carboxylic acids is 1. The van der Waals surface area contributed by atoms with Crippen molar-refractivity contribution in [1.82, 2.24) is 15.3 Å². The number of fused-ring (bicyclic) bond motifs is 2. The number of amides is 1. The van der Waals surface area contributed by atoms with E-state index >= 15 is 0 Å². The van der Waals surface area contributed by atoms with Gasteiger partial charge < -0.3 is 29.6 Å². The lowest BCUT2D eigenvalue weighted by atomic mass is 10.1. The summed E-state index contributed by atoms with van der Waals surface area (Å²) >= 11 is 0. The van der Waals surface area contributed by atoms with Crippen LogP contribution in [0.5, 0.6) is 17.2 Å². The number of nitriles is 1. The van der Waals surface area contributed by atoms with Crippen molar-refractivity contribution in [1.29, 1.82) is 5.26 Å². The van der Waals surface area contributed by atoms with E-state index < -0.39 is 29.9 Å². The SMILES string of the molecule is CN(C)c1nc2cc(Oc3ccc4c(O)c(C(=O)NCC(=O)O)nc(C#N)c4c3)ccc2o1. The number of aliphatic carboxylic acids is 1. The van der Waals surface area contributed by atoms with Crippen LogP contribution in [-0.2, 0) is 4.79 Å². The highest BCUT2D eigenvalue weighted by atomic mass is 16.5. The van der Waals surface area contributed by atoms with Gasteiger partial charge in [0, 0.05) is 30.9 Å². The zero-order valence-corrected chi connectivity index (χ0v) is 17.5. The summed E-state index contributed by atoms with van der Waals surface area (Å²) < 4.78 is 11.5. The van der Waals surface area contributed by atoms with Gasteiger partial charge in [0.2, 0.25) is 0 Å². The fraction of sp³-hybridized carbons (Fsp3) is 0.136. The molecule has 0 radical (unpaired) electrons. The number of hydrogen-bond acceptors (Lipinski definition) is 9. The number of aromatic hydroxyl groups is 1. The van der Waals surface area contributed by atoms with E-state index in [2.05, 4.69) is 15.3 Å². The standard InChI is InChI=1S/C22H17N5O6/c1-27(2)22-26-15-8-12(4-6-17(15)33-22)32-11-3-5-13-14(7-11)16(9-23)25-19(20(13)30)21(31)24-10-18(28)29/h3-8,30H,10H2,1-2H3,(H,24,31)(H,28,29). The quantitative estimate of drug-likeness (QED) is 0.400. The number of carboxylic acids is 1. The molecular weight excluding hydrogens is 430 g/mol. The number of aromatic nitrogens is 2. The Balaban J connectivity index is 1.68. The fourth-order valence-corrected chi connectivity index (χ4v) is 3.11. The van der Waals surface area contributed by atoms with Gasteiger partial charge in [-0.1, -0.05) is 0 Å². The molecule has 33 heavy (non-hydrogen) atoms. The van der Waals surface area contributed by atoms with Gasteiger partial charge >= 0.3 is 5.97 Å². The van der Waals surface area contributed by atoms with Crippen LogP contribution < -0.4 is 15.0 Å². The summed E-state index contributed by atoms with van der Waals surface area (Å²) in [6.45, 7) is -0.654. The number of ether oxygens (including phenoxy) is 1. The maximum atomic E-state index is 12.2. The topological polar surface area (TPSA) is 162 Å². The average Bonchev–Trinajstić information content (AvgIpc) is 3.21. The Morgan fingerprint density at radius 2 is 1.88 bits per heavy atom. The van der Waals surface area contributed by atoms with E-state index in [9.17, 15) is 20.0 Å². The van der Waals surface area contributed by atoms with E-state index in [1.54, 1.807) is 29.2 Å². The average molecular weight is 447 g/mol. The molecule has 2 aromatic carbocycles. The fourth-order valence-electron chi connectivity index (χ4n) is 3.11. The molecule has 2 aromatic heterocycles. The summed E-state index contributed by atoms with van der Waals surface area (Å²) in [5, 5.41) is 31.3. The molecule has 1 amide bonds. The van der Waals surface area contributed by atoms with E-state index in [1.165, 1.54) is 12.1 Å². The number of hydrogen-bond donors (Lipinski definition) is 3. The third kappa shape index (κ3) is 4.17. The van der Waals surface area contributed by atoms with Crippen molar-refractivity contribution in [2.45, 2.75) is 0 Å². The third-order valence-corrected chi connectivity index (χ3v) is 4.64. The summed E-state index contributed by atoms with van der Waals surface area (Å²) in [6.07, 6.45) is 0. The molecule has 0 aliphatic heterocycles. The Morgan fingerprint density at radius 1 is 1.15 bits per heavy atom. The van der Waals surface area contributed by atoms with E-state index in [0.29, 0.717) is 28.6 Å².